The molecule has 0 fully saturated rings. The fraction of sp³-hybridized carbons (Fsp3) is 0.235. The first kappa shape index (κ1) is 14.1. The molecule has 0 amide bonds. The summed E-state index contributed by atoms with van der Waals surface area (Å²) < 4.78 is 0. The molecule has 3 heteroatoms. The molecule has 0 aliphatic heterocycles. The number of nitrogens with two attached hydrogens (primary N) is 1. The topological polar surface area (TPSA) is 50.4 Å². The molecule has 104 valence electrons. The van der Waals surface area contributed by atoms with Crippen LogP contribution in [-0.4, -0.2) is 5.96 Å². The van der Waals surface area contributed by atoms with Crippen LogP contribution in [0, 0.1) is 6.92 Å². The molecule has 2 rings (SSSR count). The van der Waals surface area contributed by atoms with Crippen LogP contribution in [0.2, 0.25) is 0 Å². The van der Waals surface area contributed by atoms with Gasteiger partial charge in [0.05, 0.1) is 5.69 Å². The molecule has 0 aliphatic rings. The highest BCUT2D eigenvalue weighted by molar-refractivity contribution is 5.94. The lowest BCUT2D eigenvalue weighted by Crippen LogP contribution is -2.22. The molecule has 2 aromatic rings. The molecule has 0 saturated carbocycles. The zero-order valence-electron chi connectivity index (χ0n) is 12.2. The zero-order valence-corrected chi connectivity index (χ0v) is 12.2. The SMILES string of the molecule is Cc1ccc(NC(N)=Nc2ccccc2C(C)C)cc1. The van der Waals surface area contributed by atoms with Gasteiger partial charge in [-0.25, -0.2) is 4.99 Å². The Kier molecular flexibility index (Phi) is 4.41. The van der Waals surface area contributed by atoms with Crippen molar-refractivity contribution in [2.24, 2.45) is 10.7 Å². The first-order valence-electron chi connectivity index (χ1n) is 6.83. The van der Waals surface area contributed by atoms with Crippen molar-refractivity contribution in [1.82, 2.24) is 0 Å². The smallest absolute Gasteiger partial charge is 0.198 e. The average Bonchev–Trinajstić information content (AvgIpc) is 2.41. The van der Waals surface area contributed by atoms with Gasteiger partial charge in [-0.2, -0.15) is 0 Å². The predicted octanol–water partition coefficient (Wildman–Crippen LogP) is 4.18. The van der Waals surface area contributed by atoms with Crippen molar-refractivity contribution >= 4 is 17.3 Å². The number of hydrogen-bond acceptors (Lipinski definition) is 1. The summed E-state index contributed by atoms with van der Waals surface area (Å²) in [6, 6.07) is 16.1. The molecule has 0 aliphatic carbocycles. The molecule has 0 unspecified atom stereocenters. The van der Waals surface area contributed by atoms with E-state index in [4.69, 9.17) is 5.73 Å². The van der Waals surface area contributed by atoms with Crippen LogP contribution in [-0.2, 0) is 0 Å². The molecular weight excluding hydrogens is 246 g/mol. The minimum atomic E-state index is 0.405. The van der Waals surface area contributed by atoms with Crippen molar-refractivity contribution in [3.8, 4) is 0 Å². The molecule has 2 aromatic carbocycles. The third-order valence-corrected chi connectivity index (χ3v) is 3.12. The monoisotopic (exact) mass is 267 g/mol. The van der Waals surface area contributed by atoms with Gasteiger partial charge in [0.25, 0.3) is 0 Å². The Balaban J connectivity index is 2.20. The van der Waals surface area contributed by atoms with Gasteiger partial charge in [-0.15, -0.1) is 0 Å². The summed E-state index contributed by atoms with van der Waals surface area (Å²) in [5, 5.41) is 3.11. The van der Waals surface area contributed by atoms with Gasteiger partial charge in [0.2, 0.25) is 0 Å². The van der Waals surface area contributed by atoms with Crippen molar-refractivity contribution in [3.05, 3.63) is 59.7 Å². The average molecular weight is 267 g/mol. The summed E-state index contributed by atoms with van der Waals surface area (Å²) in [6.07, 6.45) is 0. The molecule has 0 spiro atoms. The Hall–Kier alpha value is -2.29. The van der Waals surface area contributed by atoms with E-state index in [2.05, 4.69) is 37.1 Å². The van der Waals surface area contributed by atoms with E-state index in [9.17, 15) is 0 Å². The van der Waals surface area contributed by atoms with Crippen LogP contribution >= 0.6 is 0 Å². The highest BCUT2D eigenvalue weighted by atomic mass is 15.1. The van der Waals surface area contributed by atoms with Gasteiger partial charge in [0.1, 0.15) is 0 Å². The van der Waals surface area contributed by atoms with E-state index in [0.717, 1.165) is 11.4 Å². The van der Waals surface area contributed by atoms with Crippen LogP contribution in [0.3, 0.4) is 0 Å². The Bertz CT molecular complexity index is 598. The number of benzene rings is 2. The Morgan fingerprint density at radius 3 is 2.35 bits per heavy atom. The van der Waals surface area contributed by atoms with Crippen molar-refractivity contribution < 1.29 is 0 Å². The van der Waals surface area contributed by atoms with Gasteiger partial charge in [-0.1, -0.05) is 49.7 Å². The number of rotatable bonds is 3. The summed E-state index contributed by atoms with van der Waals surface area (Å²) in [7, 11) is 0. The summed E-state index contributed by atoms with van der Waals surface area (Å²) >= 11 is 0. The van der Waals surface area contributed by atoms with Gasteiger partial charge < -0.3 is 11.1 Å². The number of aliphatic imine (C=N–C) groups is 1. The third kappa shape index (κ3) is 3.60. The van der Waals surface area contributed by atoms with Crippen molar-refractivity contribution in [2.45, 2.75) is 26.7 Å². The fourth-order valence-electron chi connectivity index (χ4n) is 2.02. The first-order chi connectivity index (χ1) is 9.56. The van der Waals surface area contributed by atoms with Gasteiger partial charge in [-0.3, -0.25) is 0 Å². The Labute approximate surface area is 120 Å². The normalized spacial score (nSPS) is 11.7. The molecule has 0 atom stereocenters. The largest absolute Gasteiger partial charge is 0.369 e. The minimum absolute atomic E-state index is 0.405. The van der Waals surface area contributed by atoms with Crippen LogP contribution < -0.4 is 11.1 Å². The highest BCUT2D eigenvalue weighted by Crippen LogP contribution is 2.26. The standard InChI is InChI=1S/C17H21N3/c1-12(2)15-6-4-5-7-16(15)20-17(18)19-14-10-8-13(3)9-11-14/h4-12H,1-3H3,(H3,18,19,20). The van der Waals surface area contributed by atoms with Crippen molar-refractivity contribution in [1.29, 1.82) is 0 Å². The number of hydrogen-bond donors (Lipinski definition) is 2. The van der Waals surface area contributed by atoms with Crippen LogP contribution in [0.4, 0.5) is 11.4 Å². The lowest BCUT2D eigenvalue weighted by molar-refractivity contribution is 0.867. The summed E-state index contributed by atoms with van der Waals surface area (Å²) in [5.74, 6) is 0.823. The Morgan fingerprint density at radius 2 is 1.70 bits per heavy atom. The van der Waals surface area contributed by atoms with E-state index in [1.165, 1.54) is 11.1 Å². The highest BCUT2D eigenvalue weighted by Gasteiger charge is 2.05. The van der Waals surface area contributed by atoms with E-state index < -0.39 is 0 Å². The number of nitrogens with one attached hydrogen (secondary N) is 1. The first-order valence-corrected chi connectivity index (χ1v) is 6.83. The van der Waals surface area contributed by atoms with Crippen LogP contribution in [0.5, 0.6) is 0 Å². The molecule has 20 heavy (non-hydrogen) atoms. The maximum atomic E-state index is 5.98. The molecule has 0 heterocycles. The van der Waals surface area contributed by atoms with Crippen LogP contribution in [0.25, 0.3) is 0 Å². The van der Waals surface area contributed by atoms with Crippen LogP contribution in [0.15, 0.2) is 53.5 Å². The van der Waals surface area contributed by atoms with E-state index >= 15 is 0 Å². The maximum absolute atomic E-state index is 5.98. The van der Waals surface area contributed by atoms with Crippen LogP contribution in [0.1, 0.15) is 30.9 Å². The van der Waals surface area contributed by atoms with Crippen molar-refractivity contribution in [3.63, 3.8) is 0 Å². The third-order valence-electron chi connectivity index (χ3n) is 3.12. The van der Waals surface area contributed by atoms with Crippen molar-refractivity contribution in [2.75, 3.05) is 5.32 Å². The molecule has 3 N–H and O–H groups in total. The summed E-state index contributed by atoms with van der Waals surface area (Å²) in [6.45, 7) is 6.36. The van der Waals surface area contributed by atoms with E-state index in [-0.39, 0.29) is 0 Å². The lowest BCUT2D eigenvalue weighted by Gasteiger charge is -2.10. The van der Waals surface area contributed by atoms with Gasteiger partial charge >= 0.3 is 0 Å². The Morgan fingerprint density at radius 1 is 1.05 bits per heavy atom. The molecule has 0 radical (unpaired) electrons. The number of para-hydroxylation sites is 1. The fourth-order valence-corrected chi connectivity index (χ4v) is 2.02. The minimum Gasteiger partial charge on any atom is -0.369 e. The number of anilines is 1. The van der Waals surface area contributed by atoms with Gasteiger partial charge in [0.15, 0.2) is 5.96 Å². The maximum Gasteiger partial charge on any atom is 0.198 e. The number of nitrogens with zero attached hydrogens (tertiary/aromatic N) is 1. The quantitative estimate of drug-likeness (QED) is 0.647. The molecule has 0 bridgehead atoms. The summed E-state index contributed by atoms with van der Waals surface area (Å²) in [4.78, 5) is 4.48. The number of guanidine groups is 1. The second kappa shape index (κ2) is 6.24. The molecule has 3 nitrogen and oxygen atoms in total. The lowest BCUT2D eigenvalue weighted by atomic mass is 10.0. The zero-order chi connectivity index (χ0) is 14.5. The second-order valence-corrected chi connectivity index (χ2v) is 5.20. The molecule has 0 aromatic heterocycles. The molecular formula is C17H21N3. The number of aryl methyl sites for hydroxylation is 1. The van der Waals surface area contributed by atoms with E-state index in [1.54, 1.807) is 0 Å². The second-order valence-electron chi connectivity index (χ2n) is 5.20. The van der Waals surface area contributed by atoms with E-state index in [0.29, 0.717) is 11.9 Å². The van der Waals surface area contributed by atoms with E-state index in [1.807, 2.05) is 42.5 Å². The molecule has 0 saturated heterocycles. The van der Waals surface area contributed by atoms with Gasteiger partial charge in [0, 0.05) is 5.69 Å². The van der Waals surface area contributed by atoms with Gasteiger partial charge in [-0.05, 0) is 36.6 Å². The predicted molar refractivity (Wildman–Crippen MR) is 86.6 cm³/mol. The summed E-state index contributed by atoms with van der Waals surface area (Å²) in [5.41, 5.74) is 10.3.